The van der Waals surface area contributed by atoms with Crippen LogP contribution in [0.5, 0.6) is 0 Å². The van der Waals surface area contributed by atoms with Crippen molar-refractivity contribution in [2.24, 2.45) is 23.2 Å². The molecule has 0 N–H and O–H groups in total. The van der Waals surface area contributed by atoms with E-state index in [1.807, 2.05) is 0 Å². The summed E-state index contributed by atoms with van der Waals surface area (Å²) in [5, 5.41) is 0. The molecule has 0 aromatic rings. The van der Waals surface area contributed by atoms with Crippen molar-refractivity contribution in [3.63, 3.8) is 0 Å². The van der Waals surface area contributed by atoms with Crippen LogP contribution in [0.2, 0.25) is 0 Å². The average Bonchev–Trinajstić information content (AvgIpc) is 2.20. The molecule has 106 valence electrons. The Hall–Kier alpha value is -0.370. The highest BCUT2D eigenvalue weighted by molar-refractivity contribution is 5.82. The van der Waals surface area contributed by atoms with Crippen molar-refractivity contribution in [1.82, 2.24) is 4.90 Å². The second-order valence-corrected chi connectivity index (χ2v) is 7.58. The maximum atomic E-state index is 12.2. The van der Waals surface area contributed by atoms with Crippen LogP contribution in [0.4, 0.5) is 0 Å². The van der Waals surface area contributed by atoms with Crippen LogP contribution in [0.3, 0.4) is 0 Å². The smallest absolute Gasteiger partial charge is 0.137 e. The zero-order valence-corrected chi connectivity index (χ0v) is 13.3. The first-order chi connectivity index (χ1) is 8.12. The van der Waals surface area contributed by atoms with Crippen molar-refractivity contribution in [3.8, 4) is 0 Å². The minimum atomic E-state index is 0.246. The Kier molecular flexibility index (Phi) is 4.99. The molecule has 4 atom stereocenters. The molecule has 1 rings (SSSR count). The minimum Gasteiger partial charge on any atom is -0.302 e. The van der Waals surface area contributed by atoms with Crippen molar-refractivity contribution in [1.29, 1.82) is 0 Å². The molecule has 0 radical (unpaired) electrons. The van der Waals surface area contributed by atoms with Crippen LogP contribution in [0, 0.1) is 23.2 Å². The maximum Gasteiger partial charge on any atom is 0.137 e. The second-order valence-electron chi connectivity index (χ2n) is 7.58. The third-order valence-electron chi connectivity index (χ3n) is 4.82. The van der Waals surface area contributed by atoms with Gasteiger partial charge in [0.05, 0.1) is 0 Å². The number of Topliss-reactive ketones (excluding diaryl/α,β-unsaturated/α-hetero) is 1. The third kappa shape index (κ3) is 3.81. The topological polar surface area (TPSA) is 20.3 Å². The van der Waals surface area contributed by atoms with E-state index in [1.165, 1.54) is 6.42 Å². The van der Waals surface area contributed by atoms with Gasteiger partial charge < -0.3 is 4.90 Å². The predicted molar refractivity (Wildman–Crippen MR) is 77.6 cm³/mol. The molecule has 0 aliphatic heterocycles. The minimum absolute atomic E-state index is 0.246. The standard InChI is InChI=1S/C16H31NO/c1-11-8-12(2)14(15(18)9-11)10-17(7)13(3)16(4,5)6/h11-14H,8-10H2,1-7H3. The van der Waals surface area contributed by atoms with Crippen molar-refractivity contribution in [3.05, 3.63) is 0 Å². The largest absolute Gasteiger partial charge is 0.302 e. The summed E-state index contributed by atoms with van der Waals surface area (Å²) in [6.07, 6.45) is 1.99. The summed E-state index contributed by atoms with van der Waals surface area (Å²) < 4.78 is 0. The van der Waals surface area contributed by atoms with Gasteiger partial charge in [-0.3, -0.25) is 4.79 Å². The van der Waals surface area contributed by atoms with Gasteiger partial charge in [-0.1, -0.05) is 34.6 Å². The van der Waals surface area contributed by atoms with Gasteiger partial charge in [-0.2, -0.15) is 0 Å². The molecule has 0 aromatic heterocycles. The molecule has 0 bridgehead atoms. The van der Waals surface area contributed by atoms with E-state index in [4.69, 9.17) is 0 Å². The lowest BCUT2D eigenvalue weighted by molar-refractivity contribution is -0.129. The second kappa shape index (κ2) is 5.73. The Labute approximate surface area is 113 Å². The van der Waals surface area contributed by atoms with Gasteiger partial charge in [0.25, 0.3) is 0 Å². The van der Waals surface area contributed by atoms with Gasteiger partial charge in [0, 0.05) is 24.9 Å². The predicted octanol–water partition coefficient (Wildman–Crippen LogP) is 3.60. The number of ketones is 1. The van der Waals surface area contributed by atoms with Gasteiger partial charge in [-0.15, -0.1) is 0 Å². The Bertz CT molecular complexity index is 292. The van der Waals surface area contributed by atoms with E-state index < -0.39 is 0 Å². The summed E-state index contributed by atoms with van der Waals surface area (Å²) in [6, 6.07) is 0.497. The van der Waals surface area contributed by atoms with Crippen molar-refractivity contribution in [2.45, 2.75) is 60.4 Å². The summed E-state index contributed by atoms with van der Waals surface area (Å²) in [7, 11) is 2.16. The fourth-order valence-corrected chi connectivity index (χ4v) is 3.11. The first-order valence-corrected chi connectivity index (χ1v) is 7.36. The molecule has 1 aliphatic carbocycles. The fourth-order valence-electron chi connectivity index (χ4n) is 3.11. The summed E-state index contributed by atoms with van der Waals surface area (Å²) in [5.41, 5.74) is 0.267. The molecule has 2 nitrogen and oxygen atoms in total. The quantitative estimate of drug-likeness (QED) is 0.766. The third-order valence-corrected chi connectivity index (χ3v) is 4.82. The highest BCUT2D eigenvalue weighted by Crippen LogP contribution is 2.32. The van der Waals surface area contributed by atoms with Gasteiger partial charge in [0.2, 0.25) is 0 Å². The van der Waals surface area contributed by atoms with Crippen LogP contribution in [0.25, 0.3) is 0 Å². The molecule has 18 heavy (non-hydrogen) atoms. The van der Waals surface area contributed by atoms with E-state index in [2.05, 4.69) is 53.5 Å². The molecule has 4 unspecified atom stereocenters. The number of hydrogen-bond donors (Lipinski definition) is 0. The van der Waals surface area contributed by atoms with Gasteiger partial charge in [0.1, 0.15) is 5.78 Å². The molecular formula is C16H31NO. The van der Waals surface area contributed by atoms with E-state index in [0.717, 1.165) is 13.0 Å². The van der Waals surface area contributed by atoms with Crippen LogP contribution in [-0.4, -0.2) is 30.3 Å². The number of carbonyl (C=O) groups excluding carboxylic acids is 1. The summed E-state index contributed by atoms with van der Waals surface area (Å²) in [6.45, 7) is 14.4. The number of hydrogen-bond acceptors (Lipinski definition) is 2. The highest BCUT2D eigenvalue weighted by atomic mass is 16.1. The Morgan fingerprint density at radius 1 is 1.33 bits per heavy atom. The molecule has 1 aliphatic rings. The van der Waals surface area contributed by atoms with E-state index in [-0.39, 0.29) is 11.3 Å². The zero-order chi connectivity index (χ0) is 14.1. The van der Waals surface area contributed by atoms with Gasteiger partial charge in [-0.25, -0.2) is 0 Å². The van der Waals surface area contributed by atoms with Crippen LogP contribution < -0.4 is 0 Å². The lowest BCUT2D eigenvalue weighted by Crippen LogP contribution is -2.45. The summed E-state index contributed by atoms with van der Waals surface area (Å²) >= 11 is 0. The highest BCUT2D eigenvalue weighted by Gasteiger charge is 2.34. The fraction of sp³-hybridized carbons (Fsp3) is 0.938. The lowest BCUT2D eigenvalue weighted by atomic mass is 9.74. The molecule has 0 heterocycles. The van der Waals surface area contributed by atoms with E-state index in [1.54, 1.807) is 0 Å². The molecule has 0 amide bonds. The molecule has 0 aromatic carbocycles. The van der Waals surface area contributed by atoms with Crippen LogP contribution in [0.15, 0.2) is 0 Å². The summed E-state index contributed by atoms with van der Waals surface area (Å²) in [5.74, 6) is 1.84. The maximum absolute atomic E-state index is 12.2. The Morgan fingerprint density at radius 3 is 2.33 bits per heavy atom. The number of nitrogens with zero attached hydrogens (tertiary/aromatic N) is 1. The molecular weight excluding hydrogens is 222 g/mol. The van der Waals surface area contributed by atoms with Crippen molar-refractivity contribution in [2.75, 3.05) is 13.6 Å². The first-order valence-electron chi connectivity index (χ1n) is 7.36. The SMILES string of the molecule is CC1CC(=O)C(CN(C)C(C)C(C)(C)C)C(C)C1. The van der Waals surface area contributed by atoms with Gasteiger partial charge >= 0.3 is 0 Å². The number of carbonyl (C=O) groups is 1. The van der Waals surface area contributed by atoms with Crippen molar-refractivity contribution < 1.29 is 4.79 Å². The Morgan fingerprint density at radius 2 is 1.89 bits per heavy atom. The van der Waals surface area contributed by atoms with E-state index >= 15 is 0 Å². The van der Waals surface area contributed by atoms with E-state index in [0.29, 0.717) is 23.7 Å². The van der Waals surface area contributed by atoms with Gasteiger partial charge in [-0.05, 0) is 37.6 Å². The molecule has 0 spiro atoms. The number of rotatable bonds is 3. The van der Waals surface area contributed by atoms with Crippen LogP contribution >= 0.6 is 0 Å². The molecule has 1 fully saturated rings. The van der Waals surface area contributed by atoms with Gasteiger partial charge in [0.15, 0.2) is 0 Å². The lowest BCUT2D eigenvalue weighted by Gasteiger charge is -2.40. The first kappa shape index (κ1) is 15.7. The van der Waals surface area contributed by atoms with Crippen LogP contribution in [-0.2, 0) is 4.79 Å². The molecule has 2 heteroatoms. The monoisotopic (exact) mass is 253 g/mol. The van der Waals surface area contributed by atoms with Crippen LogP contribution in [0.1, 0.15) is 54.4 Å². The van der Waals surface area contributed by atoms with Crippen molar-refractivity contribution >= 4 is 5.78 Å². The van der Waals surface area contributed by atoms with E-state index in [9.17, 15) is 4.79 Å². The zero-order valence-electron chi connectivity index (χ0n) is 13.3. The summed E-state index contributed by atoms with van der Waals surface area (Å²) in [4.78, 5) is 14.6. The Balaban J connectivity index is 2.64. The normalized spacial score (nSPS) is 31.8. The molecule has 1 saturated carbocycles. The average molecular weight is 253 g/mol. The molecule has 0 saturated heterocycles.